The molecule has 0 radical (unpaired) electrons. The standard InChI is InChI=1S/C22H23Cl2N3O8S2/c1-10(28)33-8-11-9-37-19-14(18(30)27(19)15(11)20(31)34-22(2,3)4)25-17(29)13(12-6-5-7-36-12)26-35-21(32)16(23)24/h5-7,14,16,19H,8-9H2,1-4H3,(H,25,29)/t14-,19+/m1/s1. The molecule has 200 valence electrons. The van der Waals surface area contributed by atoms with Crippen molar-refractivity contribution in [2.75, 3.05) is 12.4 Å². The Morgan fingerprint density at radius 2 is 1.97 bits per heavy atom. The molecule has 11 nitrogen and oxygen atoms in total. The van der Waals surface area contributed by atoms with Crippen LogP contribution in [0.4, 0.5) is 0 Å². The quantitative estimate of drug-likeness (QED) is 0.120. The Balaban J connectivity index is 1.83. The zero-order valence-electron chi connectivity index (χ0n) is 20.1. The maximum atomic E-state index is 13.2. The van der Waals surface area contributed by atoms with E-state index in [4.69, 9.17) is 32.7 Å². The molecule has 3 rings (SSSR count). The fraction of sp³-hybridized carbons (Fsp3) is 0.455. The number of halogens is 2. The molecule has 37 heavy (non-hydrogen) atoms. The summed E-state index contributed by atoms with van der Waals surface area (Å²) in [4.78, 5) is 66.9. The van der Waals surface area contributed by atoms with Gasteiger partial charge in [-0.1, -0.05) is 34.4 Å². The van der Waals surface area contributed by atoms with E-state index in [9.17, 15) is 24.0 Å². The molecule has 2 aliphatic rings. The SMILES string of the molecule is CC(=O)OCC1=C(C(=O)OC(C)(C)C)N2C(=O)[C@@H](NC(=O)C(=NOC(=O)C(Cl)Cl)c3cccs3)[C@@H]2SC1. The Kier molecular flexibility index (Phi) is 9.27. The molecular formula is C22H23Cl2N3O8S2. The first-order chi connectivity index (χ1) is 17.3. The Hall–Kier alpha value is -2.61. The minimum Gasteiger partial charge on any atom is -0.461 e. The van der Waals surface area contributed by atoms with E-state index >= 15 is 0 Å². The zero-order chi connectivity index (χ0) is 27.5. The van der Waals surface area contributed by atoms with Gasteiger partial charge < -0.3 is 19.6 Å². The van der Waals surface area contributed by atoms with Gasteiger partial charge in [-0.3, -0.25) is 19.3 Å². The molecule has 2 aliphatic heterocycles. The second-order valence-corrected chi connectivity index (χ2v) is 11.9. The van der Waals surface area contributed by atoms with E-state index < -0.39 is 51.6 Å². The van der Waals surface area contributed by atoms with E-state index in [0.29, 0.717) is 10.5 Å². The van der Waals surface area contributed by atoms with Crippen molar-refractivity contribution in [2.24, 2.45) is 5.16 Å². The first-order valence-electron chi connectivity index (χ1n) is 10.7. The Morgan fingerprint density at radius 3 is 2.54 bits per heavy atom. The number of fused-ring (bicyclic) bond motifs is 1. The molecule has 1 fully saturated rings. The van der Waals surface area contributed by atoms with Crippen molar-refractivity contribution < 1.29 is 38.3 Å². The summed E-state index contributed by atoms with van der Waals surface area (Å²) in [5, 5.41) is 7.23. The van der Waals surface area contributed by atoms with Crippen molar-refractivity contribution in [1.82, 2.24) is 10.2 Å². The molecule has 1 aromatic heterocycles. The van der Waals surface area contributed by atoms with Crippen LogP contribution in [0.3, 0.4) is 0 Å². The predicted molar refractivity (Wildman–Crippen MR) is 137 cm³/mol. The number of esters is 2. The van der Waals surface area contributed by atoms with Gasteiger partial charge in [-0.15, -0.1) is 23.1 Å². The summed E-state index contributed by atoms with van der Waals surface area (Å²) >= 11 is 13.3. The fourth-order valence-corrected chi connectivity index (χ4v) is 5.36. The molecule has 1 saturated heterocycles. The molecule has 2 atom stereocenters. The van der Waals surface area contributed by atoms with E-state index in [0.717, 1.165) is 11.3 Å². The van der Waals surface area contributed by atoms with E-state index in [1.807, 2.05) is 0 Å². The number of ether oxygens (including phenoxy) is 2. The van der Waals surface area contributed by atoms with Gasteiger partial charge in [0.15, 0.2) is 5.71 Å². The van der Waals surface area contributed by atoms with Crippen molar-refractivity contribution in [3.8, 4) is 0 Å². The zero-order valence-corrected chi connectivity index (χ0v) is 23.3. The molecule has 2 amide bonds. The van der Waals surface area contributed by atoms with Crippen LogP contribution in [0.25, 0.3) is 0 Å². The molecule has 0 aromatic carbocycles. The minimum atomic E-state index is -1.50. The number of carbonyl (C=O) groups is 5. The Morgan fingerprint density at radius 1 is 1.27 bits per heavy atom. The van der Waals surface area contributed by atoms with E-state index in [-0.39, 0.29) is 23.8 Å². The molecule has 0 saturated carbocycles. The second kappa shape index (κ2) is 11.8. The number of thiophene rings is 1. The lowest BCUT2D eigenvalue weighted by Crippen LogP contribution is -2.71. The van der Waals surface area contributed by atoms with Crippen molar-refractivity contribution >= 4 is 81.7 Å². The van der Waals surface area contributed by atoms with Crippen LogP contribution >= 0.6 is 46.3 Å². The van der Waals surface area contributed by atoms with Gasteiger partial charge in [0.25, 0.3) is 11.8 Å². The van der Waals surface area contributed by atoms with Crippen LogP contribution in [-0.4, -0.2) is 74.5 Å². The number of β-lactam (4-membered cyclic amide) rings is 1. The molecule has 3 heterocycles. The van der Waals surface area contributed by atoms with E-state index in [1.54, 1.807) is 38.3 Å². The maximum absolute atomic E-state index is 13.2. The number of alkyl halides is 2. The molecule has 15 heteroatoms. The summed E-state index contributed by atoms with van der Waals surface area (Å²) in [5.74, 6) is -3.48. The first kappa shape index (κ1) is 29.0. The number of thioether (sulfide) groups is 1. The number of oxime groups is 1. The lowest BCUT2D eigenvalue weighted by molar-refractivity contribution is -0.159. The molecular weight excluding hydrogens is 569 g/mol. The molecule has 1 N–H and O–H groups in total. The smallest absolute Gasteiger partial charge is 0.367 e. The third-order valence-electron chi connectivity index (χ3n) is 4.75. The van der Waals surface area contributed by atoms with Gasteiger partial charge in [-0.05, 0) is 32.2 Å². The number of nitrogens with zero attached hydrogens (tertiary/aromatic N) is 2. The highest BCUT2D eigenvalue weighted by atomic mass is 35.5. The highest BCUT2D eigenvalue weighted by molar-refractivity contribution is 8.00. The summed E-state index contributed by atoms with van der Waals surface area (Å²) in [7, 11) is 0. The van der Waals surface area contributed by atoms with Crippen molar-refractivity contribution in [1.29, 1.82) is 0 Å². The minimum absolute atomic E-state index is 0.0215. The summed E-state index contributed by atoms with van der Waals surface area (Å²) in [6.45, 7) is 6.09. The van der Waals surface area contributed by atoms with Gasteiger partial charge in [0, 0.05) is 18.2 Å². The monoisotopic (exact) mass is 591 g/mol. The first-order valence-corrected chi connectivity index (χ1v) is 13.6. The van der Waals surface area contributed by atoms with Crippen LogP contribution < -0.4 is 5.32 Å². The number of nitrogens with one attached hydrogen (secondary N) is 1. The number of rotatable bonds is 8. The normalized spacial score (nSPS) is 19.7. The number of carbonyl (C=O) groups excluding carboxylic acids is 5. The highest BCUT2D eigenvalue weighted by Gasteiger charge is 2.55. The van der Waals surface area contributed by atoms with Crippen molar-refractivity contribution in [3.63, 3.8) is 0 Å². The van der Waals surface area contributed by atoms with Crippen molar-refractivity contribution in [2.45, 2.75) is 49.5 Å². The third kappa shape index (κ3) is 7.03. The summed E-state index contributed by atoms with van der Waals surface area (Å²) in [5.41, 5.74) is -0.713. The summed E-state index contributed by atoms with van der Waals surface area (Å²) in [6, 6.07) is 2.22. The van der Waals surface area contributed by atoms with Crippen LogP contribution in [0.2, 0.25) is 0 Å². The van der Waals surface area contributed by atoms with Crippen LogP contribution in [0, 0.1) is 0 Å². The Labute approximate surface area is 230 Å². The number of amides is 2. The van der Waals surface area contributed by atoms with Gasteiger partial charge >= 0.3 is 17.9 Å². The van der Waals surface area contributed by atoms with Crippen molar-refractivity contribution in [3.05, 3.63) is 33.7 Å². The topological polar surface area (TPSA) is 141 Å². The highest BCUT2D eigenvalue weighted by Crippen LogP contribution is 2.41. The van der Waals surface area contributed by atoms with Gasteiger partial charge in [-0.25, -0.2) is 9.59 Å². The van der Waals surface area contributed by atoms with E-state index in [1.165, 1.54) is 23.6 Å². The van der Waals surface area contributed by atoms with Crippen LogP contribution in [0.1, 0.15) is 32.6 Å². The summed E-state index contributed by atoms with van der Waals surface area (Å²) < 4.78 is 10.5. The molecule has 0 aliphatic carbocycles. The lowest BCUT2D eigenvalue weighted by atomic mass is 10.0. The van der Waals surface area contributed by atoms with Gasteiger partial charge in [0.05, 0.1) is 4.88 Å². The summed E-state index contributed by atoms with van der Waals surface area (Å²) in [6.07, 6.45) is 0. The van der Waals surface area contributed by atoms with Gasteiger partial charge in [0.2, 0.25) is 4.84 Å². The predicted octanol–water partition coefficient (Wildman–Crippen LogP) is 2.36. The Bertz CT molecular complexity index is 1160. The number of hydrogen-bond acceptors (Lipinski definition) is 11. The molecule has 1 aromatic rings. The van der Waals surface area contributed by atoms with E-state index in [2.05, 4.69) is 15.3 Å². The average molecular weight is 592 g/mol. The third-order valence-corrected chi connectivity index (χ3v) is 7.32. The van der Waals surface area contributed by atoms with Crippen LogP contribution in [0.5, 0.6) is 0 Å². The molecule has 0 spiro atoms. The van der Waals surface area contributed by atoms with Gasteiger partial charge in [0.1, 0.15) is 29.3 Å². The molecule has 0 unspecified atom stereocenters. The van der Waals surface area contributed by atoms with Crippen LogP contribution in [-0.2, 0) is 38.3 Å². The lowest BCUT2D eigenvalue weighted by Gasteiger charge is -2.49. The maximum Gasteiger partial charge on any atom is 0.367 e. The fourth-order valence-electron chi connectivity index (χ4n) is 3.25. The largest absolute Gasteiger partial charge is 0.461 e. The van der Waals surface area contributed by atoms with Gasteiger partial charge in [-0.2, -0.15) is 0 Å². The van der Waals surface area contributed by atoms with Crippen LogP contribution in [0.15, 0.2) is 33.9 Å². The second-order valence-electron chi connectivity index (χ2n) is 8.72. The number of hydrogen-bond donors (Lipinski definition) is 1. The molecule has 0 bridgehead atoms. The average Bonchev–Trinajstić information content (AvgIpc) is 3.33.